The zero-order valence-corrected chi connectivity index (χ0v) is 14.3. The zero-order chi connectivity index (χ0) is 17.1. The molecule has 1 aromatic carbocycles. The van der Waals surface area contributed by atoms with Crippen molar-refractivity contribution in [3.8, 4) is 11.4 Å². The quantitative estimate of drug-likeness (QED) is 0.712. The van der Waals surface area contributed by atoms with Gasteiger partial charge >= 0.3 is 0 Å². The molecular formula is C18H22N6O. The molecule has 0 amide bonds. The smallest absolute Gasteiger partial charge is 0.244 e. The fourth-order valence-corrected chi connectivity index (χ4v) is 3.46. The molecule has 0 bridgehead atoms. The maximum absolute atomic E-state index is 5.54. The third-order valence-corrected chi connectivity index (χ3v) is 4.84. The fourth-order valence-electron chi connectivity index (χ4n) is 3.46. The number of hydrogen-bond acceptors (Lipinski definition) is 6. The number of benzene rings is 1. The lowest BCUT2D eigenvalue weighted by atomic mass is 9.97. The molecule has 1 saturated heterocycles. The van der Waals surface area contributed by atoms with E-state index in [2.05, 4.69) is 32.0 Å². The maximum Gasteiger partial charge on any atom is 0.244 e. The average molecular weight is 338 g/mol. The van der Waals surface area contributed by atoms with E-state index in [1.165, 1.54) is 12.8 Å². The Morgan fingerprint density at radius 2 is 2.16 bits per heavy atom. The van der Waals surface area contributed by atoms with E-state index < -0.39 is 0 Å². The van der Waals surface area contributed by atoms with Crippen LogP contribution < -0.4 is 0 Å². The van der Waals surface area contributed by atoms with E-state index in [0.29, 0.717) is 17.6 Å². The van der Waals surface area contributed by atoms with Crippen LogP contribution in [-0.4, -0.2) is 42.9 Å². The van der Waals surface area contributed by atoms with Crippen molar-refractivity contribution >= 4 is 0 Å². The number of aromatic nitrogens is 5. The summed E-state index contributed by atoms with van der Waals surface area (Å²) in [6.45, 7) is 5.10. The van der Waals surface area contributed by atoms with Gasteiger partial charge in [0.25, 0.3) is 0 Å². The Morgan fingerprint density at radius 1 is 1.28 bits per heavy atom. The number of piperidine rings is 1. The van der Waals surface area contributed by atoms with Gasteiger partial charge in [0, 0.05) is 18.7 Å². The molecule has 7 nitrogen and oxygen atoms in total. The molecule has 1 aliphatic heterocycles. The van der Waals surface area contributed by atoms with Crippen LogP contribution in [-0.2, 0) is 6.54 Å². The van der Waals surface area contributed by atoms with Gasteiger partial charge in [-0.05, 0) is 32.2 Å². The van der Waals surface area contributed by atoms with Gasteiger partial charge in [0.2, 0.25) is 11.7 Å². The van der Waals surface area contributed by atoms with Crippen molar-refractivity contribution in [2.45, 2.75) is 32.4 Å². The van der Waals surface area contributed by atoms with Gasteiger partial charge in [-0.2, -0.15) is 10.1 Å². The lowest BCUT2D eigenvalue weighted by molar-refractivity contribution is 0.102. The first-order chi connectivity index (χ1) is 12.3. The van der Waals surface area contributed by atoms with Crippen LogP contribution >= 0.6 is 0 Å². The topological polar surface area (TPSA) is 72.9 Å². The molecule has 4 rings (SSSR count). The van der Waals surface area contributed by atoms with E-state index in [1.54, 1.807) is 12.7 Å². The van der Waals surface area contributed by atoms with Crippen molar-refractivity contribution in [1.82, 2.24) is 29.8 Å². The lowest BCUT2D eigenvalue weighted by Crippen LogP contribution is -2.38. The van der Waals surface area contributed by atoms with Crippen LogP contribution in [0.5, 0.6) is 0 Å². The second kappa shape index (κ2) is 7.14. The molecular weight excluding hydrogens is 316 g/mol. The SMILES string of the molecule is C[C@H](c1nc(-c2ccccc2)no1)N1CCC[C@H](Cn2cncn2)C1. The van der Waals surface area contributed by atoms with Crippen molar-refractivity contribution in [3.05, 3.63) is 48.9 Å². The Labute approximate surface area is 146 Å². The Morgan fingerprint density at radius 3 is 2.96 bits per heavy atom. The minimum Gasteiger partial charge on any atom is -0.337 e. The summed E-state index contributed by atoms with van der Waals surface area (Å²) in [5.74, 6) is 1.90. The molecule has 0 saturated carbocycles. The van der Waals surface area contributed by atoms with Gasteiger partial charge in [0.05, 0.1) is 6.04 Å². The summed E-state index contributed by atoms with van der Waals surface area (Å²) in [6, 6.07) is 10.0. The minimum absolute atomic E-state index is 0.114. The number of rotatable bonds is 5. The molecule has 3 heterocycles. The van der Waals surface area contributed by atoms with E-state index in [-0.39, 0.29) is 6.04 Å². The van der Waals surface area contributed by atoms with Gasteiger partial charge in [-0.1, -0.05) is 35.5 Å². The first kappa shape index (κ1) is 16.0. The Kier molecular flexibility index (Phi) is 4.56. The van der Waals surface area contributed by atoms with E-state index in [9.17, 15) is 0 Å². The number of nitrogens with zero attached hydrogens (tertiary/aromatic N) is 6. The summed E-state index contributed by atoms with van der Waals surface area (Å²) in [7, 11) is 0. The molecule has 25 heavy (non-hydrogen) atoms. The van der Waals surface area contributed by atoms with Crippen LogP contribution in [0.15, 0.2) is 47.5 Å². The van der Waals surface area contributed by atoms with Gasteiger partial charge < -0.3 is 4.52 Å². The molecule has 1 aliphatic rings. The van der Waals surface area contributed by atoms with E-state index in [1.807, 2.05) is 35.0 Å². The van der Waals surface area contributed by atoms with Gasteiger partial charge in [-0.15, -0.1) is 0 Å². The van der Waals surface area contributed by atoms with Crippen LogP contribution in [0.2, 0.25) is 0 Å². The largest absolute Gasteiger partial charge is 0.337 e. The Balaban J connectivity index is 1.43. The molecule has 2 aromatic heterocycles. The predicted molar refractivity (Wildman–Crippen MR) is 92.5 cm³/mol. The van der Waals surface area contributed by atoms with Crippen LogP contribution in [0.25, 0.3) is 11.4 Å². The first-order valence-electron chi connectivity index (χ1n) is 8.75. The summed E-state index contributed by atoms with van der Waals surface area (Å²) >= 11 is 0. The summed E-state index contributed by atoms with van der Waals surface area (Å²) in [5, 5.41) is 8.37. The molecule has 7 heteroatoms. The van der Waals surface area contributed by atoms with Crippen LogP contribution in [0.4, 0.5) is 0 Å². The number of hydrogen-bond donors (Lipinski definition) is 0. The molecule has 2 atom stereocenters. The molecule has 0 unspecified atom stereocenters. The normalized spacial score (nSPS) is 19.8. The van der Waals surface area contributed by atoms with E-state index >= 15 is 0 Å². The second-order valence-electron chi connectivity index (χ2n) is 6.62. The highest BCUT2D eigenvalue weighted by molar-refractivity contribution is 5.53. The van der Waals surface area contributed by atoms with Gasteiger partial charge in [-0.3, -0.25) is 9.58 Å². The second-order valence-corrected chi connectivity index (χ2v) is 6.62. The molecule has 3 aromatic rings. The molecule has 0 N–H and O–H groups in total. The fraction of sp³-hybridized carbons (Fsp3) is 0.444. The highest BCUT2D eigenvalue weighted by Crippen LogP contribution is 2.27. The Bertz CT molecular complexity index is 785. The molecule has 1 fully saturated rings. The first-order valence-corrected chi connectivity index (χ1v) is 8.75. The highest BCUT2D eigenvalue weighted by Gasteiger charge is 2.28. The minimum atomic E-state index is 0.114. The van der Waals surface area contributed by atoms with Gasteiger partial charge in [0.1, 0.15) is 12.7 Å². The van der Waals surface area contributed by atoms with Crippen molar-refractivity contribution in [2.75, 3.05) is 13.1 Å². The molecule has 130 valence electrons. The maximum atomic E-state index is 5.54. The third kappa shape index (κ3) is 3.61. The molecule has 0 radical (unpaired) electrons. The summed E-state index contributed by atoms with van der Waals surface area (Å²) < 4.78 is 7.46. The van der Waals surface area contributed by atoms with Crippen molar-refractivity contribution in [2.24, 2.45) is 5.92 Å². The van der Waals surface area contributed by atoms with Crippen LogP contribution in [0.1, 0.15) is 31.7 Å². The molecule has 0 spiro atoms. The van der Waals surface area contributed by atoms with Crippen molar-refractivity contribution in [3.63, 3.8) is 0 Å². The summed E-state index contributed by atoms with van der Waals surface area (Å²) in [4.78, 5) is 11.1. The Hall–Kier alpha value is -2.54. The van der Waals surface area contributed by atoms with Crippen LogP contribution in [0, 0.1) is 5.92 Å². The predicted octanol–water partition coefficient (Wildman–Crippen LogP) is 2.80. The molecule has 0 aliphatic carbocycles. The van der Waals surface area contributed by atoms with Crippen molar-refractivity contribution in [1.29, 1.82) is 0 Å². The zero-order valence-electron chi connectivity index (χ0n) is 14.3. The monoisotopic (exact) mass is 338 g/mol. The van der Waals surface area contributed by atoms with Gasteiger partial charge in [-0.25, -0.2) is 4.98 Å². The van der Waals surface area contributed by atoms with E-state index in [0.717, 1.165) is 25.2 Å². The number of likely N-dealkylation sites (tertiary alicyclic amines) is 1. The van der Waals surface area contributed by atoms with E-state index in [4.69, 9.17) is 4.52 Å². The third-order valence-electron chi connectivity index (χ3n) is 4.84. The lowest BCUT2D eigenvalue weighted by Gasteiger charge is -2.35. The summed E-state index contributed by atoms with van der Waals surface area (Å²) in [5.41, 5.74) is 0.979. The van der Waals surface area contributed by atoms with Crippen LogP contribution in [0.3, 0.4) is 0 Å². The average Bonchev–Trinajstić information content (AvgIpc) is 3.34. The highest BCUT2D eigenvalue weighted by atomic mass is 16.5. The van der Waals surface area contributed by atoms with Gasteiger partial charge in [0.15, 0.2) is 0 Å². The van der Waals surface area contributed by atoms with Crippen molar-refractivity contribution < 1.29 is 4.52 Å². The summed E-state index contributed by atoms with van der Waals surface area (Å²) in [6.07, 6.45) is 5.75. The standard InChI is InChI=1S/C18H22N6O/c1-14(18-21-17(22-25-18)16-7-3-2-4-8-16)23-9-5-6-15(10-23)11-24-13-19-12-20-24/h2-4,7-8,12-15H,5-6,9-11H2,1H3/t14-,15+/m1/s1.